The predicted molar refractivity (Wildman–Crippen MR) is 75.6 cm³/mol. The summed E-state index contributed by atoms with van der Waals surface area (Å²) in [4.78, 5) is 0. The zero-order valence-corrected chi connectivity index (χ0v) is 10.9. The molecule has 2 aromatic rings. The number of hydrogen-bond donors (Lipinski definition) is 0. The highest BCUT2D eigenvalue weighted by atomic mass is 16.5. The van der Waals surface area contributed by atoms with Gasteiger partial charge in [0, 0.05) is 0 Å². The number of para-hydroxylation sites is 1. The Labute approximate surface area is 113 Å². The van der Waals surface area contributed by atoms with Crippen molar-refractivity contribution in [1.29, 1.82) is 0 Å². The SMILES string of the molecule is COc1cccc([C@@H]2C=CCc3ccccc3O2)c1. The molecule has 0 N–H and O–H groups in total. The summed E-state index contributed by atoms with van der Waals surface area (Å²) in [5, 5.41) is 0. The van der Waals surface area contributed by atoms with Crippen LogP contribution in [-0.4, -0.2) is 7.11 Å². The molecule has 1 heterocycles. The van der Waals surface area contributed by atoms with E-state index in [-0.39, 0.29) is 6.10 Å². The van der Waals surface area contributed by atoms with Gasteiger partial charge < -0.3 is 9.47 Å². The van der Waals surface area contributed by atoms with E-state index in [1.165, 1.54) is 5.56 Å². The van der Waals surface area contributed by atoms with Crippen LogP contribution < -0.4 is 9.47 Å². The summed E-state index contributed by atoms with van der Waals surface area (Å²) >= 11 is 0. The van der Waals surface area contributed by atoms with E-state index in [0.717, 1.165) is 23.5 Å². The molecule has 96 valence electrons. The molecule has 1 aliphatic rings. The number of rotatable bonds is 2. The molecular formula is C17H16O2. The molecule has 0 saturated carbocycles. The standard InChI is InChI=1S/C17H16O2/c1-18-15-9-4-8-14(12-15)17-11-5-7-13-6-2-3-10-16(13)19-17/h2-6,8-12,17H,7H2,1H3/t17-/m0/s1. The molecule has 0 aromatic heterocycles. The minimum atomic E-state index is -0.0567. The van der Waals surface area contributed by atoms with Gasteiger partial charge in [-0.3, -0.25) is 0 Å². The molecular weight excluding hydrogens is 236 g/mol. The first kappa shape index (κ1) is 11.8. The van der Waals surface area contributed by atoms with Crippen molar-refractivity contribution in [3.05, 3.63) is 71.8 Å². The van der Waals surface area contributed by atoms with E-state index in [1.54, 1.807) is 7.11 Å². The molecule has 0 spiro atoms. The number of allylic oxidation sites excluding steroid dienone is 1. The summed E-state index contributed by atoms with van der Waals surface area (Å²) in [7, 11) is 1.68. The summed E-state index contributed by atoms with van der Waals surface area (Å²) in [6.07, 6.45) is 5.13. The van der Waals surface area contributed by atoms with Gasteiger partial charge in [-0.1, -0.05) is 36.4 Å². The van der Waals surface area contributed by atoms with Crippen LogP contribution in [0.15, 0.2) is 60.7 Å². The van der Waals surface area contributed by atoms with Crippen molar-refractivity contribution in [3.8, 4) is 11.5 Å². The number of fused-ring (bicyclic) bond motifs is 1. The molecule has 0 saturated heterocycles. The van der Waals surface area contributed by atoms with Crippen LogP contribution in [0.2, 0.25) is 0 Å². The maximum Gasteiger partial charge on any atom is 0.142 e. The zero-order valence-electron chi connectivity index (χ0n) is 10.9. The van der Waals surface area contributed by atoms with E-state index in [2.05, 4.69) is 24.3 Å². The second kappa shape index (κ2) is 5.19. The topological polar surface area (TPSA) is 18.5 Å². The lowest BCUT2D eigenvalue weighted by Gasteiger charge is -2.16. The molecule has 2 aromatic carbocycles. The quantitative estimate of drug-likeness (QED) is 0.754. The molecule has 0 amide bonds. The van der Waals surface area contributed by atoms with Gasteiger partial charge in [0.15, 0.2) is 0 Å². The molecule has 2 heteroatoms. The Kier molecular flexibility index (Phi) is 3.23. The number of benzene rings is 2. The third-order valence-corrected chi connectivity index (χ3v) is 3.30. The Morgan fingerprint density at radius 1 is 1.11 bits per heavy atom. The summed E-state index contributed by atoms with van der Waals surface area (Å²) in [5.74, 6) is 1.81. The smallest absolute Gasteiger partial charge is 0.142 e. The maximum absolute atomic E-state index is 6.10. The Bertz CT molecular complexity index is 602. The molecule has 1 atom stereocenters. The molecule has 0 bridgehead atoms. The van der Waals surface area contributed by atoms with Crippen molar-refractivity contribution >= 4 is 0 Å². The first-order valence-corrected chi connectivity index (χ1v) is 6.42. The fourth-order valence-corrected chi connectivity index (χ4v) is 2.28. The van der Waals surface area contributed by atoms with Gasteiger partial charge in [-0.2, -0.15) is 0 Å². The van der Waals surface area contributed by atoms with Gasteiger partial charge in [-0.15, -0.1) is 0 Å². The average Bonchev–Trinajstić information content (AvgIpc) is 2.69. The van der Waals surface area contributed by atoms with Gasteiger partial charge in [0.2, 0.25) is 0 Å². The molecule has 19 heavy (non-hydrogen) atoms. The highest BCUT2D eigenvalue weighted by molar-refractivity contribution is 5.39. The second-order valence-corrected chi connectivity index (χ2v) is 4.56. The van der Waals surface area contributed by atoms with Gasteiger partial charge >= 0.3 is 0 Å². The number of hydrogen-bond acceptors (Lipinski definition) is 2. The van der Waals surface area contributed by atoms with Crippen molar-refractivity contribution in [2.24, 2.45) is 0 Å². The van der Waals surface area contributed by atoms with Gasteiger partial charge in [0.25, 0.3) is 0 Å². The third-order valence-electron chi connectivity index (χ3n) is 3.30. The van der Waals surface area contributed by atoms with Crippen LogP contribution in [-0.2, 0) is 6.42 Å². The lowest BCUT2D eigenvalue weighted by atomic mass is 10.1. The summed E-state index contributed by atoms with van der Waals surface area (Å²) < 4.78 is 11.4. The van der Waals surface area contributed by atoms with Crippen molar-refractivity contribution in [2.75, 3.05) is 7.11 Å². The Morgan fingerprint density at radius 3 is 2.89 bits per heavy atom. The van der Waals surface area contributed by atoms with E-state index < -0.39 is 0 Å². The van der Waals surface area contributed by atoms with Gasteiger partial charge in [0.05, 0.1) is 7.11 Å². The normalized spacial score (nSPS) is 17.2. The van der Waals surface area contributed by atoms with Gasteiger partial charge in [-0.25, -0.2) is 0 Å². The minimum Gasteiger partial charge on any atom is -0.497 e. The summed E-state index contributed by atoms with van der Waals surface area (Å²) in [6.45, 7) is 0. The first-order valence-electron chi connectivity index (χ1n) is 6.42. The Hall–Kier alpha value is -2.22. The van der Waals surface area contributed by atoms with E-state index in [1.807, 2.05) is 36.4 Å². The third kappa shape index (κ3) is 2.48. The number of ether oxygens (including phenoxy) is 2. The van der Waals surface area contributed by atoms with Crippen LogP contribution in [0.1, 0.15) is 17.2 Å². The summed E-state index contributed by atoms with van der Waals surface area (Å²) in [5.41, 5.74) is 2.33. The van der Waals surface area contributed by atoms with E-state index in [4.69, 9.17) is 9.47 Å². The highest BCUT2D eigenvalue weighted by Gasteiger charge is 2.15. The highest BCUT2D eigenvalue weighted by Crippen LogP contribution is 2.31. The average molecular weight is 252 g/mol. The molecule has 0 aliphatic carbocycles. The molecule has 1 aliphatic heterocycles. The lowest BCUT2D eigenvalue weighted by molar-refractivity contribution is 0.255. The fraction of sp³-hybridized carbons (Fsp3) is 0.176. The van der Waals surface area contributed by atoms with Crippen molar-refractivity contribution in [1.82, 2.24) is 0 Å². The fourth-order valence-electron chi connectivity index (χ4n) is 2.28. The van der Waals surface area contributed by atoms with Crippen molar-refractivity contribution in [2.45, 2.75) is 12.5 Å². The second-order valence-electron chi connectivity index (χ2n) is 4.56. The van der Waals surface area contributed by atoms with Crippen LogP contribution in [0.4, 0.5) is 0 Å². The van der Waals surface area contributed by atoms with Crippen LogP contribution in [0.5, 0.6) is 11.5 Å². The molecule has 2 nitrogen and oxygen atoms in total. The molecule has 0 unspecified atom stereocenters. The van der Waals surface area contributed by atoms with E-state index in [0.29, 0.717) is 0 Å². The monoisotopic (exact) mass is 252 g/mol. The molecule has 3 rings (SSSR count). The Morgan fingerprint density at radius 2 is 2.00 bits per heavy atom. The van der Waals surface area contributed by atoms with Crippen molar-refractivity contribution < 1.29 is 9.47 Å². The number of methoxy groups -OCH3 is 1. The van der Waals surface area contributed by atoms with Gasteiger partial charge in [-0.05, 0) is 41.8 Å². The molecule has 0 fully saturated rings. The van der Waals surface area contributed by atoms with Crippen LogP contribution in [0.3, 0.4) is 0 Å². The predicted octanol–water partition coefficient (Wildman–Crippen LogP) is 3.93. The van der Waals surface area contributed by atoms with Crippen LogP contribution in [0, 0.1) is 0 Å². The largest absolute Gasteiger partial charge is 0.497 e. The van der Waals surface area contributed by atoms with E-state index >= 15 is 0 Å². The molecule has 0 radical (unpaired) electrons. The maximum atomic E-state index is 6.10. The van der Waals surface area contributed by atoms with Crippen molar-refractivity contribution in [3.63, 3.8) is 0 Å². The van der Waals surface area contributed by atoms with Crippen LogP contribution in [0.25, 0.3) is 0 Å². The zero-order chi connectivity index (χ0) is 13.1. The first-order chi connectivity index (χ1) is 9.36. The summed E-state index contributed by atoms with van der Waals surface area (Å²) in [6, 6.07) is 16.2. The lowest BCUT2D eigenvalue weighted by Crippen LogP contribution is -2.04. The van der Waals surface area contributed by atoms with Crippen LogP contribution >= 0.6 is 0 Å². The Balaban J connectivity index is 1.93. The van der Waals surface area contributed by atoms with Gasteiger partial charge in [0.1, 0.15) is 17.6 Å². The minimum absolute atomic E-state index is 0.0567. The van der Waals surface area contributed by atoms with E-state index in [9.17, 15) is 0 Å².